The van der Waals surface area contributed by atoms with Gasteiger partial charge in [0.1, 0.15) is 5.52 Å². The van der Waals surface area contributed by atoms with Crippen LogP contribution in [-0.4, -0.2) is 30.7 Å². The number of nitrogens with zero attached hydrogens (tertiary/aromatic N) is 4. The second kappa shape index (κ2) is 3.28. The normalized spacial score (nSPS) is 24.3. The molecule has 2 atom stereocenters. The number of aromatic nitrogens is 4. The van der Waals surface area contributed by atoms with Crippen LogP contribution in [0.2, 0.25) is 0 Å². The van der Waals surface area contributed by atoms with Gasteiger partial charge in [0, 0.05) is 6.42 Å². The third kappa shape index (κ3) is 1.35. The summed E-state index contributed by atoms with van der Waals surface area (Å²) in [6, 6.07) is 0.0919. The van der Waals surface area contributed by atoms with E-state index in [1.165, 1.54) is 0 Å². The molecule has 16 heavy (non-hydrogen) atoms. The third-order valence-corrected chi connectivity index (χ3v) is 2.73. The number of nitrogens with two attached hydrogens (primary N) is 1. The maximum Gasteiger partial charge on any atom is 0.222 e. The lowest BCUT2D eigenvalue weighted by Gasteiger charge is -2.10. The number of fused-ring (bicyclic) bond motifs is 1. The summed E-state index contributed by atoms with van der Waals surface area (Å²) in [5.41, 5.74) is 6.96. The molecule has 82 valence electrons. The monoisotopic (exact) mass is 217 g/mol. The van der Waals surface area contributed by atoms with Gasteiger partial charge in [0.05, 0.1) is 24.7 Å². The zero-order chi connectivity index (χ0) is 11.1. The van der Waals surface area contributed by atoms with Crippen LogP contribution in [0.5, 0.6) is 0 Å². The third-order valence-electron chi connectivity index (χ3n) is 2.73. The number of rotatable bonds is 1. The molecule has 2 aromatic heterocycles. The fourth-order valence-electron chi connectivity index (χ4n) is 1.95. The zero-order valence-electron chi connectivity index (χ0n) is 8.48. The SMILES string of the molecule is Nc1ncc2ncn(C3C=CC(O)C3)c2n1. The fourth-order valence-corrected chi connectivity index (χ4v) is 1.95. The van der Waals surface area contributed by atoms with Crippen LogP contribution in [0.25, 0.3) is 11.2 Å². The predicted octanol–water partition coefficient (Wildman–Crippen LogP) is 0.270. The Hall–Kier alpha value is -1.95. The van der Waals surface area contributed by atoms with Crippen LogP contribution in [-0.2, 0) is 0 Å². The molecule has 6 nitrogen and oxygen atoms in total. The van der Waals surface area contributed by atoms with Crippen molar-refractivity contribution in [2.75, 3.05) is 5.73 Å². The van der Waals surface area contributed by atoms with Crippen molar-refractivity contribution in [2.24, 2.45) is 0 Å². The molecule has 1 aliphatic rings. The van der Waals surface area contributed by atoms with Crippen LogP contribution >= 0.6 is 0 Å². The minimum absolute atomic E-state index is 0.0919. The van der Waals surface area contributed by atoms with Gasteiger partial charge in [-0.2, -0.15) is 4.98 Å². The lowest BCUT2D eigenvalue weighted by Crippen LogP contribution is -2.08. The summed E-state index contributed by atoms with van der Waals surface area (Å²) >= 11 is 0. The van der Waals surface area contributed by atoms with Crippen molar-refractivity contribution in [1.82, 2.24) is 19.5 Å². The van der Waals surface area contributed by atoms with Crippen LogP contribution in [0.1, 0.15) is 12.5 Å². The quantitative estimate of drug-likeness (QED) is 0.669. The maximum atomic E-state index is 9.45. The summed E-state index contributed by atoms with van der Waals surface area (Å²) in [6.07, 6.45) is 7.29. The van der Waals surface area contributed by atoms with Crippen molar-refractivity contribution >= 4 is 17.1 Å². The van der Waals surface area contributed by atoms with Crippen molar-refractivity contribution in [2.45, 2.75) is 18.6 Å². The predicted molar refractivity (Wildman–Crippen MR) is 58.5 cm³/mol. The first-order valence-electron chi connectivity index (χ1n) is 5.05. The van der Waals surface area contributed by atoms with Gasteiger partial charge in [-0.3, -0.25) is 0 Å². The maximum absolute atomic E-state index is 9.45. The highest BCUT2D eigenvalue weighted by Crippen LogP contribution is 2.26. The van der Waals surface area contributed by atoms with E-state index < -0.39 is 0 Å². The summed E-state index contributed by atoms with van der Waals surface area (Å²) in [5, 5.41) is 9.45. The lowest BCUT2D eigenvalue weighted by molar-refractivity contribution is 0.211. The van der Waals surface area contributed by atoms with Gasteiger partial charge >= 0.3 is 0 Å². The summed E-state index contributed by atoms with van der Waals surface area (Å²) in [4.78, 5) is 12.2. The Kier molecular flexibility index (Phi) is 1.90. The lowest BCUT2D eigenvalue weighted by atomic mass is 10.2. The Morgan fingerprint density at radius 3 is 3.00 bits per heavy atom. The first-order chi connectivity index (χ1) is 7.74. The molecule has 0 saturated heterocycles. The highest BCUT2D eigenvalue weighted by molar-refractivity contribution is 5.70. The number of aliphatic hydroxyl groups excluding tert-OH is 1. The van der Waals surface area contributed by atoms with Gasteiger partial charge in [-0.25, -0.2) is 9.97 Å². The van der Waals surface area contributed by atoms with Crippen molar-refractivity contribution in [3.8, 4) is 0 Å². The highest BCUT2D eigenvalue weighted by Gasteiger charge is 2.20. The molecular weight excluding hydrogens is 206 g/mol. The Morgan fingerprint density at radius 1 is 1.38 bits per heavy atom. The molecule has 3 rings (SSSR count). The van der Waals surface area contributed by atoms with Crippen molar-refractivity contribution < 1.29 is 5.11 Å². The number of allylic oxidation sites excluding steroid dienone is 1. The molecule has 0 amide bonds. The van der Waals surface area contributed by atoms with Gasteiger partial charge in [0.15, 0.2) is 5.65 Å². The molecule has 0 aliphatic heterocycles. The highest BCUT2D eigenvalue weighted by atomic mass is 16.3. The van der Waals surface area contributed by atoms with Gasteiger partial charge < -0.3 is 15.4 Å². The first kappa shape index (κ1) is 9.29. The molecule has 6 heteroatoms. The van der Waals surface area contributed by atoms with E-state index >= 15 is 0 Å². The Labute approximate surface area is 91.5 Å². The average Bonchev–Trinajstić information content (AvgIpc) is 2.83. The first-order valence-corrected chi connectivity index (χ1v) is 5.05. The molecule has 2 aromatic rings. The summed E-state index contributed by atoms with van der Waals surface area (Å²) in [7, 11) is 0. The van der Waals surface area contributed by atoms with Gasteiger partial charge in [-0.1, -0.05) is 12.2 Å². The fraction of sp³-hybridized carbons (Fsp3) is 0.300. The molecule has 0 aromatic carbocycles. The van der Waals surface area contributed by atoms with E-state index in [9.17, 15) is 5.11 Å². The van der Waals surface area contributed by atoms with Crippen LogP contribution < -0.4 is 5.73 Å². The molecule has 3 N–H and O–H groups in total. The van der Waals surface area contributed by atoms with E-state index in [2.05, 4.69) is 15.0 Å². The zero-order valence-corrected chi connectivity index (χ0v) is 8.48. The number of imidazole rings is 1. The van der Waals surface area contributed by atoms with E-state index in [1.807, 2.05) is 10.6 Å². The van der Waals surface area contributed by atoms with Crippen LogP contribution in [0, 0.1) is 0 Å². The Balaban J connectivity index is 2.10. The van der Waals surface area contributed by atoms with Crippen molar-refractivity contribution in [3.63, 3.8) is 0 Å². The number of hydrogen-bond donors (Lipinski definition) is 2. The standard InChI is InChI=1S/C10H11N5O/c11-10-12-4-8-9(14-10)15(5-13-8)6-1-2-7(16)3-6/h1-2,4-7,16H,3H2,(H2,11,12,14). The van der Waals surface area contributed by atoms with Crippen molar-refractivity contribution in [1.29, 1.82) is 0 Å². The molecule has 0 radical (unpaired) electrons. The molecule has 2 unspecified atom stereocenters. The molecule has 2 heterocycles. The molecule has 0 spiro atoms. The minimum Gasteiger partial charge on any atom is -0.389 e. The van der Waals surface area contributed by atoms with E-state index in [0.717, 1.165) is 0 Å². The average molecular weight is 217 g/mol. The topological polar surface area (TPSA) is 89.8 Å². The Morgan fingerprint density at radius 2 is 2.25 bits per heavy atom. The second-order valence-electron chi connectivity index (χ2n) is 3.84. The minimum atomic E-state index is -0.387. The van der Waals surface area contributed by atoms with E-state index in [0.29, 0.717) is 17.6 Å². The van der Waals surface area contributed by atoms with Gasteiger partial charge in [-0.15, -0.1) is 0 Å². The van der Waals surface area contributed by atoms with Crippen LogP contribution in [0.3, 0.4) is 0 Å². The Bertz CT molecular complexity index is 561. The van der Waals surface area contributed by atoms with Crippen molar-refractivity contribution in [3.05, 3.63) is 24.7 Å². The molecule has 1 aliphatic carbocycles. The molecule has 0 fully saturated rings. The summed E-state index contributed by atoms with van der Waals surface area (Å²) < 4.78 is 1.90. The van der Waals surface area contributed by atoms with E-state index in [4.69, 9.17) is 5.73 Å². The summed E-state index contributed by atoms with van der Waals surface area (Å²) in [5.74, 6) is 0.233. The number of anilines is 1. The van der Waals surface area contributed by atoms with Gasteiger partial charge in [-0.05, 0) is 0 Å². The van der Waals surface area contributed by atoms with Gasteiger partial charge in [0.25, 0.3) is 0 Å². The summed E-state index contributed by atoms with van der Waals surface area (Å²) in [6.45, 7) is 0. The van der Waals surface area contributed by atoms with Crippen LogP contribution in [0.4, 0.5) is 5.95 Å². The number of hydrogen-bond acceptors (Lipinski definition) is 5. The van der Waals surface area contributed by atoms with E-state index in [-0.39, 0.29) is 18.1 Å². The largest absolute Gasteiger partial charge is 0.389 e. The second-order valence-corrected chi connectivity index (χ2v) is 3.84. The number of nitrogen functional groups attached to an aromatic ring is 1. The number of aliphatic hydroxyl groups is 1. The molecular formula is C10H11N5O. The molecule has 0 bridgehead atoms. The smallest absolute Gasteiger partial charge is 0.222 e. The molecule has 0 saturated carbocycles. The van der Waals surface area contributed by atoms with Crippen LogP contribution in [0.15, 0.2) is 24.7 Å². The van der Waals surface area contributed by atoms with E-state index in [1.54, 1.807) is 18.6 Å². The van der Waals surface area contributed by atoms with Gasteiger partial charge in [0.2, 0.25) is 5.95 Å².